The number of methoxy groups -OCH3 is 3. The van der Waals surface area contributed by atoms with Crippen LogP contribution in [0.25, 0.3) is 0 Å². The Bertz CT molecular complexity index is 819. The molecule has 1 atom stereocenters. The predicted octanol–water partition coefficient (Wildman–Crippen LogP) is 2.46. The molecule has 7 nitrogen and oxygen atoms in total. The minimum Gasteiger partial charge on any atom is -0.497 e. The van der Waals surface area contributed by atoms with E-state index in [9.17, 15) is 9.59 Å². The largest absolute Gasteiger partial charge is 0.497 e. The quantitative estimate of drug-likeness (QED) is 0.801. The van der Waals surface area contributed by atoms with Gasteiger partial charge in [-0.1, -0.05) is 0 Å². The summed E-state index contributed by atoms with van der Waals surface area (Å²) < 4.78 is 15.6. The number of anilines is 2. The fraction of sp³-hybridized carbons (Fsp3) is 0.263. The van der Waals surface area contributed by atoms with Gasteiger partial charge >= 0.3 is 0 Å². The summed E-state index contributed by atoms with van der Waals surface area (Å²) in [6, 6.07) is 11.4. The Kier molecular flexibility index (Phi) is 4.97. The topological polar surface area (TPSA) is 77.1 Å². The third-order valence-corrected chi connectivity index (χ3v) is 4.22. The number of benzene rings is 2. The zero-order chi connectivity index (χ0) is 18.7. The summed E-state index contributed by atoms with van der Waals surface area (Å²) in [5.41, 5.74) is 1.14. The number of carbonyl (C=O) groups is 2. The van der Waals surface area contributed by atoms with Gasteiger partial charge in [-0.25, -0.2) is 4.90 Å². The normalized spacial score (nSPS) is 16.6. The molecule has 26 heavy (non-hydrogen) atoms. The van der Waals surface area contributed by atoms with E-state index in [1.165, 1.54) is 12.0 Å². The number of nitrogens with one attached hydrogen (secondary N) is 1. The van der Waals surface area contributed by atoms with E-state index in [-0.39, 0.29) is 18.2 Å². The standard InChI is InChI=1S/C19H20N2O5/c1-24-13-6-4-12(5-7-13)21-18(22)11-16(19(21)23)20-15-9-8-14(25-2)10-17(15)26-3/h4-10,16,20H,11H2,1-3H3/t16-/m1/s1. The first-order valence-electron chi connectivity index (χ1n) is 8.06. The van der Waals surface area contributed by atoms with Crippen LogP contribution < -0.4 is 24.4 Å². The third-order valence-electron chi connectivity index (χ3n) is 4.22. The van der Waals surface area contributed by atoms with Crippen LogP contribution >= 0.6 is 0 Å². The molecule has 0 aromatic heterocycles. The molecule has 1 aliphatic heterocycles. The maximum Gasteiger partial charge on any atom is 0.256 e. The second-order valence-electron chi connectivity index (χ2n) is 5.73. The lowest BCUT2D eigenvalue weighted by molar-refractivity contribution is -0.121. The van der Waals surface area contributed by atoms with Crippen molar-refractivity contribution in [2.75, 3.05) is 31.5 Å². The molecule has 7 heteroatoms. The van der Waals surface area contributed by atoms with E-state index >= 15 is 0 Å². The van der Waals surface area contributed by atoms with Gasteiger partial charge in [0, 0.05) is 6.07 Å². The molecule has 1 fully saturated rings. The van der Waals surface area contributed by atoms with Crippen LogP contribution in [-0.4, -0.2) is 39.2 Å². The molecule has 2 aromatic carbocycles. The predicted molar refractivity (Wildman–Crippen MR) is 97.1 cm³/mol. The summed E-state index contributed by atoms with van der Waals surface area (Å²) in [6.45, 7) is 0. The molecular formula is C19H20N2O5. The number of nitrogens with zero attached hydrogens (tertiary/aromatic N) is 1. The van der Waals surface area contributed by atoms with Gasteiger partial charge in [0.15, 0.2) is 0 Å². The minimum atomic E-state index is -0.660. The number of amides is 2. The van der Waals surface area contributed by atoms with Gasteiger partial charge in [0.25, 0.3) is 5.91 Å². The van der Waals surface area contributed by atoms with Crippen molar-refractivity contribution in [1.82, 2.24) is 0 Å². The highest BCUT2D eigenvalue weighted by molar-refractivity contribution is 6.23. The SMILES string of the molecule is COc1ccc(N2C(=O)C[C@@H](Nc3ccc(OC)cc3OC)C2=O)cc1. The maximum atomic E-state index is 12.7. The Morgan fingerprint density at radius 2 is 1.58 bits per heavy atom. The molecule has 0 saturated carbocycles. The van der Waals surface area contributed by atoms with Crippen molar-refractivity contribution >= 4 is 23.2 Å². The minimum absolute atomic E-state index is 0.0695. The van der Waals surface area contributed by atoms with Crippen molar-refractivity contribution < 1.29 is 23.8 Å². The first kappa shape index (κ1) is 17.6. The van der Waals surface area contributed by atoms with Gasteiger partial charge in [-0.2, -0.15) is 0 Å². The van der Waals surface area contributed by atoms with Crippen LogP contribution in [0.5, 0.6) is 17.2 Å². The average Bonchev–Trinajstić information content (AvgIpc) is 2.95. The molecule has 0 radical (unpaired) electrons. The molecule has 0 spiro atoms. The van der Waals surface area contributed by atoms with Gasteiger partial charge < -0.3 is 19.5 Å². The van der Waals surface area contributed by atoms with Crippen LogP contribution in [0.1, 0.15) is 6.42 Å². The van der Waals surface area contributed by atoms with Crippen molar-refractivity contribution in [1.29, 1.82) is 0 Å². The first-order valence-corrected chi connectivity index (χ1v) is 8.06. The lowest BCUT2D eigenvalue weighted by atomic mass is 10.2. The second-order valence-corrected chi connectivity index (χ2v) is 5.73. The molecule has 3 rings (SSSR count). The fourth-order valence-electron chi connectivity index (χ4n) is 2.85. The van der Waals surface area contributed by atoms with Gasteiger partial charge in [-0.3, -0.25) is 9.59 Å². The van der Waals surface area contributed by atoms with Crippen molar-refractivity contribution in [3.05, 3.63) is 42.5 Å². The van der Waals surface area contributed by atoms with Crippen LogP contribution in [0.2, 0.25) is 0 Å². The van der Waals surface area contributed by atoms with E-state index in [4.69, 9.17) is 14.2 Å². The highest BCUT2D eigenvalue weighted by Gasteiger charge is 2.39. The van der Waals surface area contributed by atoms with E-state index in [2.05, 4.69) is 5.32 Å². The van der Waals surface area contributed by atoms with Crippen LogP contribution in [-0.2, 0) is 9.59 Å². The van der Waals surface area contributed by atoms with Gasteiger partial charge in [0.1, 0.15) is 23.3 Å². The van der Waals surface area contributed by atoms with Crippen LogP contribution in [0.4, 0.5) is 11.4 Å². The summed E-state index contributed by atoms with van der Waals surface area (Å²) in [5.74, 6) is 1.27. The molecule has 1 saturated heterocycles. The van der Waals surface area contributed by atoms with Crippen molar-refractivity contribution in [2.24, 2.45) is 0 Å². The Labute approximate surface area is 151 Å². The lowest BCUT2D eigenvalue weighted by Crippen LogP contribution is -2.34. The molecule has 0 aliphatic carbocycles. The Hall–Kier alpha value is -3.22. The zero-order valence-electron chi connectivity index (χ0n) is 14.8. The van der Waals surface area contributed by atoms with E-state index in [0.717, 1.165) is 0 Å². The summed E-state index contributed by atoms with van der Waals surface area (Å²) in [6.07, 6.45) is 0.0695. The number of hydrogen-bond donors (Lipinski definition) is 1. The van der Waals surface area contributed by atoms with Gasteiger partial charge in [0.05, 0.1) is 39.1 Å². The van der Waals surface area contributed by atoms with Crippen molar-refractivity contribution in [3.63, 3.8) is 0 Å². The average molecular weight is 356 g/mol. The van der Waals surface area contributed by atoms with Crippen LogP contribution in [0, 0.1) is 0 Å². The van der Waals surface area contributed by atoms with Gasteiger partial charge in [-0.15, -0.1) is 0 Å². The van der Waals surface area contributed by atoms with Crippen molar-refractivity contribution in [2.45, 2.75) is 12.5 Å². The summed E-state index contributed by atoms with van der Waals surface area (Å²) in [5, 5.41) is 3.10. The smallest absolute Gasteiger partial charge is 0.256 e. The second kappa shape index (κ2) is 7.35. The fourth-order valence-corrected chi connectivity index (χ4v) is 2.85. The van der Waals surface area contributed by atoms with Crippen LogP contribution in [0.15, 0.2) is 42.5 Å². The van der Waals surface area contributed by atoms with Gasteiger partial charge in [-0.05, 0) is 36.4 Å². The Morgan fingerprint density at radius 3 is 2.19 bits per heavy atom. The first-order chi connectivity index (χ1) is 12.6. The summed E-state index contributed by atoms with van der Waals surface area (Å²) in [4.78, 5) is 26.3. The zero-order valence-corrected chi connectivity index (χ0v) is 14.8. The monoisotopic (exact) mass is 356 g/mol. The molecule has 2 amide bonds. The number of imide groups is 1. The Morgan fingerprint density at radius 1 is 0.923 bits per heavy atom. The molecular weight excluding hydrogens is 336 g/mol. The van der Waals surface area contributed by atoms with Gasteiger partial charge in [0.2, 0.25) is 5.91 Å². The summed E-state index contributed by atoms with van der Waals surface area (Å²) in [7, 11) is 4.66. The third kappa shape index (κ3) is 3.28. The molecule has 1 aliphatic rings. The van der Waals surface area contributed by atoms with E-state index < -0.39 is 6.04 Å². The molecule has 136 valence electrons. The lowest BCUT2D eigenvalue weighted by Gasteiger charge is -2.18. The maximum absolute atomic E-state index is 12.7. The van der Waals surface area contributed by atoms with Crippen LogP contribution in [0.3, 0.4) is 0 Å². The van der Waals surface area contributed by atoms with E-state index in [1.54, 1.807) is 56.7 Å². The molecule has 2 aromatic rings. The highest BCUT2D eigenvalue weighted by atomic mass is 16.5. The molecule has 0 bridgehead atoms. The van der Waals surface area contributed by atoms with E-state index in [0.29, 0.717) is 28.6 Å². The number of ether oxygens (including phenoxy) is 3. The van der Waals surface area contributed by atoms with Crippen molar-refractivity contribution in [3.8, 4) is 17.2 Å². The number of hydrogen-bond acceptors (Lipinski definition) is 6. The number of carbonyl (C=O) groups excluding carboxylic acids is 2. The van der Waals surface area contributed by atoms with E-state index in [1.807, 2.05) is 0 Å². The Balaban J connectivity index is 1.80. The molecule has 1 heterocycles. The number of rotatable bonds is 6. The highest BCUT2D eigenvalue weighted by Crippen LogP contribution is 2.32. The summed E-state index contributed by atoms with van der Waals surface area (Å²) >= 11 is 0. The molecule has 0 unspecified atom stereocenters. The molecule has 1 N–H and O–H groups in total.